The second-order valence-electron chi connectivity index (χ2n) is 7.39. The monoisotopic (exact) mass is 413 g/mol. The fourth-order valence-electron chi connectivity index (χ4n) is 3.16. The lowest BCUT2D eigenvalue weighted by molar-refractivity contribution is -0.858. The lowest BCUT2D eigenvalue weighted by atomic mass is 10.1. The van der Waals surface area contributed by atoms with Crippen molar-refractivity contribution in [1.82, 2.24) is 4.98 Å². The SMILES string of the molecule is Cc1ccc2sc(N(CCC[NH+](C)C)C(=O)c3ccccc3[N+](=O)[O-])nc2c1C. The number of benzene rings is 2. The Balaban J connectivity index is 2.04. The zero-order chi connectivity index (χ0) is 21.1. The second-order valence-corrected chi connectivity index (χ2v) is 8.40. The van der Waals surface area contributed by atoms with Crippen LogP contribution in [0, 0.1) is 24.0 Å². The number of aryl methyl sites for hydroxylation is 2. The first-order valence-corrected chi connectivity index (χ1v) is 10.3. The van der Waals surface area contributed by atoms with Crippen LogP contribution in [0.3, 0.4) is 0 Å². The molecule has 1 N–H and O–H groups in total. The number of nitro groups is 1. The summed E-state index contributed by atoms with van der Waals surface area (Å²) in [4.78, 5) is 31.9. The van der Waals surface area contributed by atoms with Crippen molar-refractivity contribution in [2.75, 3.05) is 32.1 Å². The van der Waals surface area contributed by atoms with Crippen LogP contribution in [-0.4, -0.2) is 43.0 Å². The molecule has 0 spiro atoms. The minimum Gasteiger partial charge on any atom is -0.340 e. The van der Waals surface area contributed by atoms with Crippen LogP contribution in [0.1, 0.15) is 27.9 Å². The summed E-state index contributed by atoms with van der Waals surface area (Å²) < 4.78 is 1.00. The molecule has 0 atom stereocenters. The highest BCUT2D eigenvalue weighted by Crippen LogP contribution is 2.33. The van der Waals surface area contributed by atoms with Gasteiger partial charge in [0.1, 0.15) is 5.56 Å². The van der Waals surface area contributed by atoms with Gasteiger partial charge in [0.05, 0.1) is 35.8 Å². The van der Waals surface area contributed by atoms with E-state index in [0.29, 0.717) is 11.7 Å². The van der Waals surface area contributed by atoms with Crippen LogP contribution in [0.5, 0.6) is 0 Å². The molecule has 0 saturated heterocycles. The zero-order valence-electron chi connectivity index (χ0n) is 17.1. The Labute approximate surface area is 173 Å². The number of nitrogens with zero attached hydrogens (tertiary/aromatic N) is 3. The minimum absolute atomic E-state index is 0.0851. The maximum Gasteiger partial charge on any atom is 0.282 e. The maximum atomic E-state index is 13.4. The van der Waals surface area contributed by atoms with E-state index in [1.54, 1.807) is 17.0 Å². The van der Waals surface area contributed by atoms with E-state index >= 15 is 0 Å². The van der Waals surface area contributed by atoms with Crippen molar-refractivity contribution in [2.24, 2.45) is 0 Å². The van der Waals surface area contributed by atoms with E-state index in [-0.39, 0.29) is 17.2 Å². The van der Waals surface area contributed by atoms with E-state index < -0.39 is 4.92 Å². The van der Waals surface area contributed by atoms with Crippen molar-refractivity contribution in [3.63, 3.8) is 0 Å². The summed E-state index contributed by atoms with van der Waals surface area (Å²) in [6.45, 7) is 5.38. The molecule has 0 aliphatic heterocycles. The lowest BCUT2D eigenvalue weighted by Crippen LogP contribution is -3.05. The minimum atomic E-state index is -0.513. The predicted octanol–water partition coefficient (Wildman–Crippen LogP) is 3.00. The summed E-state index contributed by atoms with van der Waals surface area (Å²) in [5.41, 5.74) is 3.00. The molecule has 0 bridgehead atoms. The lowest BCUT2D eigenvalue weighted by Gasteiger charge is -2.20. The van der Waals surface area contributed by atoms with Gasteiger partial charge in [-0.15, -0.1) is 0 Å². The molecule has 1 amide bonds. The molecule has 0 fully saturated rings. The third-order valence-corrected chi connectivity index (χ3v) is 5.98. The molecular weight excluding hydrogens is 388 g/mol. The van der Waals surface area contributed by atoms with Gasteiger partial charge in [-0.25, -0.2) is 4.98 Å². The number of aromatic nitrogens is 1. The van der Waals surface area contributed by atoms with Gasteiger partial charge in [0, 0.05) is 19.0 Å². The Morgan fingerprint density at radius 1 is 1.21 bits per heavy atom. The largest absolute Gasteiger partial charge is 0.340 e. The Hall–Kier alpha value is -2.84. The maximum absolute atomic E-state index is 13.4. The van der Waals surface area contributed by atoms with Gasteiger partial charge in [0.25, 0.3) is 11.6 Å². The number of quaternary nitrogens is 1. The van der Waals surface area contributed by atoms with Crippen LogP contribution in [-0.2, 0) is 0 Å². The number of thiazole rings is 1. The summed E-state index contributed by atoms with van der Waals surface area (Å²) in [6.07, 6.45) is 0.767. The highest BCUT2D eigenvalue weighted by atomic mass is 32.1. The molecule has 3 aromatic rings. The quantitative estimate of drug-likeness (QED) is 0.477. The molecule has 2 aromatic carbocycles. The number of nitro benzene ring substituents is 1. The Morgan fingerprint density at radius 3 is 2.62 bits per heavy atom. The smallest absolute Gasteiger partial charge is 0.282 e. The van der Waals surface area contributed by atoms with Crippen LogP contribution >= 0.6 is 11.3 Å². The third-order valence-electron chi connectivity index (χ3n) is 4.94. The van der Waals surface area contributed by atoms with Gasteiger partial charge in [-0.05, 0) is 37.1 Å². The molecule has 1 aromatic heterocycles. The van der Waals surface area contributed by atoms with Gasteiger partial charge in [-0.1, -0.05) is 29.5 Å². The highest BCUT2D eigenvalue weighted by molar-refractivity contribution is 7.22. The molecule has 8 heteroatoms. The van der Waals surface area contributed by atoms with E-state index in [4.69, 9.17) is 4.98 Å². The van der Waals surface area contributed by atoms with Crippen molar-refractivity contribution < 1.29 is 14.6 Å². The number of anilines is 1. The van der Waals surface area contributed by atoms with Crippen LogP contribution in [0.25, 0.3) is 10.2 Å². The first kappa shape index (κ1) is 20.9. The molecule has 3 rings (SSSR count). The summed E-state index contributed by atoms with van der Waals surface area (Å²) in [6, 6.07) is 10.1. The van der Waals surface area contributed by atoms with Crippen LogP contribution in [0.2, 0.25) is 0 Å². The van der Waals surface area contributed by atoms with E-state index in [9.17, 15) is 14.9 Å². The van der Waals surface area contributed by atoms with Crippen molar-refractivity contribution in [3.8, 4) is 0 Å². The number of hydrogen-bond donors (Lipinski definition) is 1. The first-order valence-electron chi connectivity index (χ1n) is 9.50. The number of fused-ring (bicyclic) bond motifs is 1. The molecule has 0 aliphatic rings. The normalized spacial score (nSPS) is 11.2. The first-order chi connectivity index (χ1) is 13.8. The number of nitrogens with one attached hydrogen (secondary N) is 1. The summed E-state index contributed by atoms with van der Waals surface area (Å²) in [5, 5.41) is 12.0. The average Bonchev–Trinajstić information content (AvgIpc) is 3.12. The number of carbonyl (C=O) groups excluding carboxylic acids is 1. The molecule has 0 radical (unpaired) electrons. The van der Waals surface area contributed by atoms with Crippen molar-refractivity contribution in [2.45, 2.75) is 20.3 Å². The summed E-state index contributed by atoms with van der Waals surface area (Å²) in [7, 11) is 4.11. The average molecular weight is 414 g/mol. The fourth-order valence-corrected chi connectivity index (χ4v) is 4.21. The number of carbonyl (C=O) groups is 1. The fraction of sp³-hybridized carbons (Fsp3) is 0.333. The number of para-hydroxylation sites is 1. The van der Waals surface area contributed by atoms with Gasteiger partial charge in [-0.2, -0.15) is 0 Å². The number of rotatable bonds is 7. The second kappa shape index (κ2) is 8.67. The van der Waals surface area contributed by atoms with Gasteiger partial charge in [0.15, 0.2) is 5.13 Å². The van der Waals surface area contributed by atoms with Crippen LogP contribution < -0.4 is 9.80 Å². The predicted molar refractivity (Wildman–Crippen MR) is 116 cm³/mol. The summed E-state index contributed by atoms with van der Waals surface area (Å²) in [5.74, 6) is -0.389. The van der Waals surface area contributed by atoms with Crippen molar-refractivity contribution >= 4 is 38.3 Å². The molecule has 7 nitrogen and oxygen atoms in total. The Kier molecular flexibility index (Phi) is 6.24. The Morgan fingerprint density at radius 2 is 1.93 bits per heavy atom. The van der Waals surface area contributed by atoms with Gasteiger partial charge < -0.3 is 4.90 Å². The zero-order valence-corrected chi connectivity index (χ0v) is 17.9. The summed E-state index contributed by atoms with van der Waals surface area (Å²) >= 11 is 1.44. The van der Waals surface area contributed by atoms with Crippen molar-refractivity contribution in [1.29, 1.82) is 0 Å². The van der Waals surface area contributed by atoms with E-state index in [1.807, 2.05) is 26.0 Å². The molecule has 29 heavy (non-hydrogen) atoms. The topological polar surface area (TPSA) is 80.8 Å². The molecule has 0 saturated carbocycles. The molecule has 1 heterocycles. The van der Waals surface area contributed by atoms with Gasteiger partial charge >= 0.3 is 0 Å². The molecular formula is C21H25N4O3S+. The molecule has 0 aliphatic carbocycles. The van der Waals surface area contributed by atoms with Crippen LogP contribution in [0.4, 0.5) is 10.8 Å². The van der Waals surface area contributed by atoms with E-state index in [0.717, 1.165) is 34.3 Å². The number of amides is 1. The third kappa shape index (κ3) is 4.44. The number of hydrogen-bond acceptors (Lipinski definition) is 5. The van der Waals surface area contributed by atoms with Crippen LogP contribution in [0.15, 0.2) is 36.4 Å². The highest BCUT2D eigenvalue weighted by Gasteiger charge is 2.27. The van der Waals surface area contributed by atoms with Gasteiger partial charge in [0.2, 0.25) is 0 Å². The molecule has 0 unspecified atom stereocenters. The molecule has 152 valence electrons. The Bertz CT molecular complexity index is 1060. The van der Waals surface area contributed by atoms with E-state index in [2.05, 4.69) is 14.1 Å². The standard InChI is InChI=1S/C21H24N4O3S/c1-14-10-11-18-19(15(14)2)22-21(29-18)24(13-7-12-23(3)4)20(26)16-8-5-6-9-17(16)25(27)28/h5-6,8-11H,7,12-13H2,1-4H3/p+1. The van der Waals surface area contributed by atoms with Crippen molar-refractivity contribution in [3.05, 3.63) is 63.2 Å². The van der Waals surface area contributed by atoms with E-state index in [1.165, 1.54) is 28.4 Å². The van der Waals surface area contributed by atoms with Gasteiger partial charge in [-0.3, -0.25) is 19.8 Å².